The van der Waals surface area contributed by atoms with E-state index in [9.17, 15) is 18.3 Å². The zero-order valence-electron chi connectivity index (χ0n) is 11.5. The maximum Gasteiger partial charge on any atom is 0.325 e. The molecule has 1 aromatic rings. The second-order valence-electron chi connectivity index (χ2n) is 5.17. The SMILES string of the molecule is CS(=O)(=O)NC1CCN(C(C(=O)O)c2cccc(Br)c2)C1. The lowest BCUT2D eigenvalue weighted by Gasteiger charge is -2.24. The van der Waals surface area contributed by atoms with Crippen molar-refractivity contribution in [3.8, 4) is 0 Å². The number of carboxylic acid groups (broad SMARTS) is 1. The fourth-order valence-electron chi connectivity index (χ4n) is 2.61. The summed E-state index contributed by atoms with van der Waals surface area (Å²) in [6.07, 6.45) is 1.71. The number of nitrogens with zero attached hydrogens (tertiary/aromatic N) is 1. The molecule has 2 unspecified atom stereocenters. The molecular formula is C13H17BrN2O4S. The standard InChI is InChI=1S/C13H17BrN2O4S/c1-21(19,20)15-11-5-6-16(8-11)12(13(17)18)9-3-2-4-10(14)7-9/h2-4,7,11-12,15H,5-6,8H2,1H3,(H,17,18). The van der Waals surface area contributed by atoms with Crippen LogP contribution in [0.2, 0.25) is 0 Å². The lowest BCUT2D eigenvalue weighted by Crippen LogP contribution is -2.38. The van der Waals surface area contributed by atoms with E-state index in [4.69, 9.17) is 0 Å². The Bertz CT molecular complexity index is 635. The van der Waals surface area contributed by atoms with Crippen molar-refractivity contribution < 1.29 is 18.3 Å². The third-order valence-electron chi connectivity index (χ3n) is 3.36. The van der Waals surface area contributed by atoms with Crippen molar-refractivity contribution in [2.45, 2.75) is 18.5 Å². The van der Waals surface area contributed by atoms with E-state index in [0.29, 0.717) is 25.1 Å². The van der Waals surface area contributed by atoms with Gasteiger partial charge < -0.3 is 5.11 Å². The molecule has 0 saturated carbocycles. The summed E-state index contributed by atoms with van der Waals surface area (Å²) in [5, 5.41) is 9.50. The van der Waals surface area contributed by atoms with Gasteiger partial charge >= 0.3 is 5.97 Å². The van der Waals surface area contributed by atoms with Gasteiger partial charge in [0.2, 0.25) is 10.0 Å². The van der Waals surface area contributed by atoms with Crippen molar-refractivity contribution in [3.63, 3.8) is 0 Å². The van der Waals surface area contributed by atoms with Crippen molar-refractivity contribution in [1.29, 1.82) is 0 Å². The lowest BCUT2D eigenvalue weighted by molar-refractivity contribution is -0.143. The molecule has 6 nitrogen and oxygen atoms in total. The fraction of sp³-hybridized carbons (Fsp3) is 0.462. The van der Waals surface area contributed by atoms with Crippen LogP contribution in [0.5, 0.6) is 0 Å². The average Bonchev–Trinajstić information content (AvgIpc) is 2.74. The van der Waals surface area contributed by atoms with Gasteiger partial charge in [-0.3, -0.25) is 9.69 Å². The number of benzene rings is 1. The van der Waals surface area contributed by atoms with Crippen molar-refractivity contribution in [2.24, 2.45) is 0 Å². The number of aliphatic carboxylic acids is 1. The highest BCUT2D eigenvalue weighted by molar-refractivity contribution is 9.10. The van der Waals surface area contributed by atoms with E-state index in [0.717, 1.165) is 10.7 Å². The highest BCUT2D eigenvalue weighted by Gasteiger charge is 2.34. The number of likely N-dealkylation sites (tertiary alicyclic amines) is 1. The number of carboxylic acids is 1. The summed E-state index contributed by atoms with van der Waals surface area (Å²) < 4.78 is 25.9. The minimum atomic E-state index is -3.28. The van der Waals surface area contributed by atoms with Crippen LogP contribution in [-0.4, -0.2) is 49.8 Å². The minimum Gasteiger partial charge on any atom is -0.480 e. The highest BCUT2D eigenvalue weighted by atomic mass is 79.9. The Balaban J connectivity index is 2.16. The number of carbonyl (C=O) groups is 1. The fourth-order valence-corrected chi connectivity index (χ4v) is 3.82. The van der Waals surface area contributed by atoms with Gasteiger partial charge in [0.05, 0.1) is 6.26 Å². The Labute approximate surface area is 132 Å². The number of nitrogens with one attached hydrogen (secondary N) is 1. The molecule has 2 atom stereocenters. The first-order valence-electron chi connectivity index (χ1n) is 6.46. The summed E-state index contributed by atoms with van der Waals surface area (Å²) >= 11 is 3.34. The second-order valence-corrected chi connectivity index (χ2v) is 7.86. The largest absolute Gasteiger partial charge is 0.480 e. The Morgan fingerprint density at radius 1 is 1.52 bits per heavy atom. The zero-order valence-corrected chi connectivity index (χ0v) is 13.9. The van der Waals surface area contributed by atoms with Crippen LogP contribution in [0.15, 0.2) is 28.7 Å². The Kier molecular flexibility index (Phi) is 5.03. The molecule has 0 bridgehead atoms. The number of halogens is 1. The summed E-state index contributed by atoms with van der Waals surface area (Å²) in [4.78, 5) is 13.4. The summed E-state index contributed by atoms with van der Waals surface area (Å²) in [6.45, 7) is 0.924. The van der Waals surface area contributed by atoms with Crippen molar-refractivity contribution in [1.82, 2.24) is 9.62 Å². The predicted octanol–water partition coefficient (Wildman–Crippen LogP) is 1.20. The molecule has 0 aromatic heterocycles. The molecule has 0 spiro atoms. The summed E-state index contributed by atoms with van der Waals surface area (Å²) in [6, 6.07) is 6.15. The van der Waals surface area contributed by atoms with E-state index in [-0.39, 0.29) is 6.04 Å². The van der Waals surface area contributed by atoms with Crippen LogP contribution in [0.3, 0.4) is 0 Å². The molecule has 1 fully saturated rings. The minimum absolute atomic E-state index is 0.242. The lowest BCUT2D eigenvalue weighted by atomic mass is 10.1. The van der Waals surface area contributed by atoms with Gasteiger partial charge in [-0.25, -0.2) is 13.1 Å². The van der Waals surface area contributed by atoms with Crippen LogP contribution < -0.4 is 4.72 Å². The number of hydrogen-bond acceptors (Lipinski definition) is 4. The first kappa shape index (κ1) is 16.4. The molecular weight excluding hydrogens is 360 g/mol. The molecule has 1 aliphatic rings. The first-order chi connectivity index (χ1) is 9.76. The molecule has 2 rings (SSSR count). The smallest absolute Gasteiger partial charge is 0.325 e. The van der Waals surface area contributed by atoms with Gasteiger partial charge in [-0.05, 0) is 24.1 Å². The maximum absolute atomic E-state index is 11.6. The number of rotatable bonds is 5. The molecule has 0 amide bonds. The van der Waals surface area contributed by atoms with Crippen LogP contribution in [0, 0.1) is 0 Å². The highest BCUT2D eigenvalue weighted by Crippen LogP contribution is 2.27. The van der Waals surface area contributed by atoms with E-state index < -0.39 is 22.0 Å². The van der Waals surface area contributed by atoms with E-state index in [2.05, 4.69) is 20.7 Å². The van der Waals surface area contributed by atoms with Gasteiger partial charge in [0.1, 0.15) is 6.04 Å². The van der Waals surface area contributed by atoms with Crippen LogP contribution in [0.25, 0.3) is 0 Å². The second kappa shape index (κ2) is 6.43. The molecule has 1 aliphatic heterocycles. The van der Waals surface area contributed by atoms with Gasteiger partial charge in [0.15, 0.2) is 0 Å². The number of hydrogen-bond donors (Lipinski definition) is 2. The molecule has 1 aromatic carbocycles. The molecule has 0 aliphatic carbocycles. The summed E-state index contributed by atoms with van der Waals surface area (Å²) in [7, 11) is -3.28. The van der Waals surface area contributed by atoms with E-state index in [1.807, 2.05) is 6.07 Å². The van der Waals surface area contributed by atoms with Crippen molar-refractivity contribution in [3.05, 3.63) is 34.3 Å². The molecule has 2 N–H and O–H groups in total. The van der Waals surface area contributed by atoms with Crippen LogP contribution in [0.1, 0.15) is 18.0 Å². The van der Waals surface area contributed by atoms with E-state index in [1.54, 1.807) is 23.1 Å². The van der Waals surface area contributed by atoms with Gasteiger partial charge in [0.25, 0.3) is 0 Å². The topological polar surface area (TPSA) is 86.7 Å². The van der Waals surface area contributed by atoms with Crippen LogP contribution in [-0.2, 0) is 14.8 Å². The van der Waals surface area contributed by atoms with Gasteiger partial charge in [-0.1, -0.05) is 28.1 Å². The Morgan fingerprint density at radius 3 is 2.81 bits per heavy atom. The predicted molar refractivity (Wildman–Crippen MR) is 82.5 cm³/mol. The Morgan fingerprint density at radius 2 is 2.24 bits per heavy atom. The van der Waals surface area contributed by atoms with Gasteiger partial charge in [0, 0.05) is 23.6 Å². The van der Waals surface area contributed by atoms with Crippen molar-refractivity contribution >= 4 is 31.9 Å². The van der Waals surface area contributed by atoms with Gasteiger partial charge in [-0.2, -0.15) is 0 Å². The zero-order chi connectivity index (χ0) is 15.6. The van der Waals surface area contributed by atoms with Crippen LogP contribution >= 0.6 is 15.9 Å². The molecule has 1 saturated heterocycles. The first-order valence-corrected chi connectivity index (χ1v) is 9.14. The molecule has 116 valence electrons. The van der Waals surface area contributed by atoms with Crippen molar-refractivity contribution in [2.75, 3.05) is 19.3 Å². The molecule has 1 heterocycles. The van der Waals surface area contributed by atoms with Gasteiger partial charge in [-0.15, -0.1) is 0 Å². The molecule has 21 heavy (non-hydrogen) atoms. The summed E-state index contributed by atoms with van der Waals surface area (Å²) in [5.41, 5.74) is 0.678. The quantitative estimate of drug-likeness (QED) is 0.805. The third-order valence-corrected chi connectivity index (χ3v) is 4.62. The molecule has 0 radical (unpaired) electrons. The maximum atomic E-state index is 11.6. The molecule has 8 heteroatoms. The van der Waals surface area contributed by atoms with E-state index >= 15 is 0 Å². The van der Waals surface area contributed by atoms with Crippen LogP contribution in [0.4, 0.5) is 0 Å². The Hall–Kier alpha value is -0.960. The monoisotopic (exact) mass is 376 g/mol. The third kappa shape index (κ3) is 4.50. The summed E-state index contributed by atoms with van der Waals surface area (Å²) in [5.74, 6) is -0.937. The normalized spacial score (nSPS) is 21.3. The average molecular weight is 377 g/mol. The van der Waals surface area contributed by atoms with E-state index in [1.165, 1.54) is 0 Å². The number of sulfonamides is 1.